The molecule has 1 aromatic heterocycles. The summed E-state index contributed by atoms with van der Waals surface area (Å²) in [6.07, 6.45) is 2.65. The van der Waals surface area contributed by atoms with Crippen molar-refractivity contribution in [2.24, 2.45) is 0 Å². The van der Waals surface area contributed by atoms with Crippen LogP contribution in [0.4, 0.5) is 0 Å². The molecule has 0 aliphatic heterocycles. The van der Waals surface area contributed by atoms with Gasteiger partial charge in [0, 0.05) is 18.5 Å². The fourth-order valence-electron chi connectivity index (χ4n) is 1.98. The Bertz CT molecular complexity index is 483. The smallest absolute Gasteiger partial charge is 0.140 e. The van der Waals surface area contributed by atoms with Crippen molar-refractivity contribution in [2.75, 3.05) is 5.88 Å². The monoisotopic (exact) mass is 278 g/mol. The highest BCUT2D eigenvalue weighted by molar-refractivity contribution is 6.18. The van der Waals surface area contributed by atoms with Gasteiger partial charge in [-0.05, 0) is 12.0 Å². The molecular formula is C14H19ClN4. The summed E-state index contributed by atoms with van der Waals surface area (Å²) in [5.74, 6) is 1.49. The Morgan fingerprint density at radius 1 is 1.32 bits per heavy atom. The molecule has 1 atom stereocenters. The molecule has 0 amide bonds. The van der Waals surface area contributed by atoms with Gasteiger partial charge in [0.05, 0.1) is 6.54 Å². The summed E-state index contributed by atoms with van der Waals surface area (Å²) in [6, 6.07) is 10.3. The minimum absolute atomic E-state index is 0.134. The number of benzene rings is 1. The molecule has 102 valence electrons. The number of nitrogens with one attached hydrogen (secondary N) is 1. The highest BCUT2D eigenvalue weighted by Gasteiger charge is 2.11. The third kappa shape index (κ3) is 3.78. The van der Waals surface area contributed by atoms with Gasteiger partial charge in [-0.25, -0.2) is 9.67 Å². The number of aryl methyl sites for hydroxylation is 1. The van der Waals surface area contributed by atoms with Crippen LogP contribution in [0.5, 0.6) is 0 Å². The lowest BCUT2D eigenvalue weighted by Crippen LogP contribution is -2.24. The average molecular weight is 279 g/mol. The van der Waals surface area contributed by atoms with Gasteiger partial charge in [0.2, 0.25) is 0 Å². The van der Waals surface area contributed by atoms with Gasteiger partial charge in [0.25, 0.3) is 0 Å². The van der Waals surface area contributed by atoms with E-state index in [1.54, 1.807) is 6.33 Å². The molecule has 1 heterocycles. The fraction of sp³-hybridized carbons (Fsp3) is 0.429. The SMILES string of the molecule is CCCn1ncnc1CNC(CCl)c1ccccc1. The van der Waals surface area contributed by atoms with E-state index in [-0.39, 0.29) is 6.04 Å². The molecule has 0 bridgehead atoms. The predicted molar refractivity (Wildman–Crippen MR) is 77.1 cm³/mol. The third-order valence-electron chi connectivity index (χ3n) is 2.99. The minimum Gasteiger partial charge on any atom is -0.302 e. The first kappa shape index (κ1) is 14.0. The van der Waals surface area contributed by atoms with E-state index in [9.17, 15) is 0 Å². The Hall–Kier alpha value is -1.39. The van der Waals surface area contributed by atoms with Crippen molar-refractivity contribution in [1.82, 2.24) is 20.1 Å². The van der Waals surface area contributed by atoms with Gasteiger partial charge in [0.1, 0.15) is 12.2 Å². The highest BCUT2D eigenvalue weighted by atomic mass is 35.5. The van der Waals surface area contributed by atoms with Crippen molar-refractivity contribution in [3.05, 3.63) is 48.0 Å². The zero-order chi connectivity index (χ0) is 13.5. The van der Waals surface area contributed by atoms with Crippen molar-refractivity contribution in [3.63, 3.8) is 0 Å². The predicted octanol–water partition coefficient (Wildman–Crippen LogP) is 2.76. The molecule has 5 heteroatoms. The quantitative estimate of drug-likeness (QED) is 0.792. The van der Waals surface area contributed by atoms with E-state index in [0.717, 1.165) is 18.8 Å². The Morgan fingerprint density at radius 2 is 2.11 bits per heavy atom. The van der Waals surface area contributed by atoms with Crippen molar-refractivity contribution < 1.29 is 0 Å². The fourth-order valence-corrected chi connectivity index (χ4v) is 2.27. The molecule has 0 aliphatic rings. The van der Waals surface area contributed by atoms with E-state index in [0.29, 0.717) is 12.4 Å². The first-order valence-electron chi connectivity index (χ1n) is 6.56. The van der Waals surface area contributed by atoms with Gasteiger partial charge >= 0.3 is 0 Å². The van der Waals surface area contributed by atoms with E-state index in [1.165, 1.54) is 5.56 Å². The van der Waals surface area contributed by atoms with Crippen molar-refractivity contribution in [1.29, 1.82) is 0 Å². The molecule has 0 aliphatic carbocycles. The molecule has 0 spiro atoms. The normalized spacial score (nSPS) is 12.5. The van der Waals surface area contributed by atoms with Crippen LogP contribution in [-0.4, -0.2) is 20.6 Å². The number of aromatic nitrogens is 3. The molecular weight excluding hydrogens is 260 g/mol. The number of nitrogens with zero attached hydrogens (tertiary/aromatic N) is 3. The van der Waals surface area contributed by atoms with Gasteiger partial charge in [-0.2, -0.15) is 5.10 Å². The van der Waals surface area contributed by atoms with Crippen LogP contribution >= 0.6 is 11.6 Å². The maximum Gasteiger partial charge on any atom is 0.140 e. The molecule has 4 nitrogen and oxygen atoms in total. The van der Waals surface area contributed by atoms with Gasteiger partial charge < -0.3 is 5.32 Å². The van der Waals surface area contributed by atoms with Crippen LogP contribution in [0, 0.1) is 0 Å². The second-order valence-corrected chi connectivity index (χ2v) is 4.71. The summed E-state index contributed by atoms with van der Waals surface area (Å²) in [7, 11) is 0. The van der Waals surface area contributed by atoms with Crippen molar-refractivity contribution in [3.8, 4) is 0 Å². The van der Waals surface area contributed by atoms with Gasteiger partial charge in [-0.15, -0.1) is 11.6 Å². The highest BCUT2D eigenvalue weighted by Crippen LogP contribution is 2.14. The van der Waals surface area contributed by atoms with Crippen LogP contribution in [0.15, 0.2) is 36.7 Å². The molecule has 1 aromatic carbocycles. The van der Waals surface area contributed by atoms with Crippen molar-refractivity contribution in [2.45, 2.75) is 32.5 Å². The van der Waals surface area contributed by atoms with Crippen LogP contribution in [-0.2, 0) is 13.1 Å². The molecule has 0 radical (unpaired) electrons. The summed E-state index contributed by atoms with van der Waals surface area (Å²) >= 11 is 6.04. The Labute approximate surface area is 118 Å². The number of hydrogen-bond donors (Lipinski definition) is 1. The molecule has 0 fully saturated rings. The van der Waals surface area contributed by atoms with Crippen LogP contribution < -0.4 is 5.32 Å². The minimum atomic E-state index is 0.134. The van der Waals surface area contributed by atoms with Crippen molar-refractivity contribution >= 4 is 11.6 Å². The second-order valence-electron chi connectivity index (χ2n) is 4.40. The Balaban J connectivity index is 1.98. The average Bonchev–Trinajstić information content (AvgIpc) is 2.89. The molecule has 2 rings (SSSR count). The summed E-state index contributed by atoms with van der Waals surface area (Å²) in [5, 5.41) is 7.65. The standard InChI is InChI=1S/C14H19ClN4/c1-2-8-19-14(17-11-18-19)10-16-13(9-15)12-6-4-3-5-7-12/h3-7,11,13,16H,2,8-10H2,1H3. The summed E-state index contributed by atoms with van der Waals surface area (Å²) < 4.78 is 1.93. The topological polar surface area (TPSA) is 42.7 Å². The first-order valence-corrected chi connectivity index (χ1v) is 7.09. The zero-order valence-electron chi connectivity index (χ0n) is 11.1. The van der Waals surface area contributed by atoms with Crippen LogP contribution in [0.2, 0.25) is 0 Å². The Morgan fingerprint density at radius 3 is 2.79 bits per heavy atom. The molecule has 1 N–H and O–H groups in total. The van der Waals surface area contributed by atoms with Gasteiger partial charge in [0.15, 0.2) is 0 Å². The molecule has 19 heavy (non-hydrogen) atoms. The van der Waals surface area contributed by atoms with Gasteiger partial charge in [-0.3, -0.25) is 0 Å². The van der Waals surface area contributed by atoms with Crippen LogP contribution in [0.1, 0.15) is 30.8 Å². The number of alkyl halides is 1. The number of hydrogen-bond acceptors (Lipinski definition) is 3. The maximum absolute atomic E-state index is 6.04. The first-order chi connectivity index (χ1) is 9.35. The van der Waals surface area contributed by atoms with Gasteiger partial charge in [-0.1, -0.05) is 37.3 Å². The van der Waals surface area contributed by atoms with E-state index in [1.807, 2.05) is 22.9 Å². The molecule has 0 saturated carbocycles. The maximum atomic E-state index is 6.04. The van der Waals surface area contributed by atoms with Crippen LogP contribution in [0.25, 0.3) is 0 Å². The summed E-state index contributed by atoms with van der Waals surface area (Å²) in [4.78, 5) is 4.28. The lowest BCUT2D eigenvalue weighted by molar-refractivity contribution is 0.511. The molecule has 0 saturated heterocycles. The lowest BCUT2D eigenvalue weighted by Gasteiger charge is -2.16. The van der Waals surface area contributed by atoms with E-state index >= 15 is 0 Å². The van der Waals surface area contributed by atoms with E-state index in [2.05, 4.69) is 34.5 Å². The largest absolute Gasteiger partial charge is 0.302 e. The number of rotatable bonds is 7. The summed E-state index contributed by atoms with van der Waals surface area (Å²) in [5.41, 5.74) is 1.19. The Kier molecular flexibility index (Phi) is 5.36. The van der Waals surface area contributed by atoms with E-state index in [4.69, 9.17) is 11.6 Å². The third-order valence-corrected chi connectivity index (χ3v) is 3.30. The van der Waals surface area contributed by atoms with Crippen LogP contribution in [0.3, 0.4) is 0 Å². The zero-order valence-corrected chi connectivity index (χ0v) is 11.8. The van der Waals surface area contributed by atoms with E-state index < -0.39 is 0 Å². The lowest BCUT2D eigenvalue weighted by atomic mass is 10.1. The molecule has 1 unspecified atom stereocenters. The second kappa shape index (κ2) is 7.26. The summed E-state index contributed by atoms with van der Waals surface area (Å²) in [6.45, 7) is 3.70. The number of halogens is 1. The molecule has 2 aromatic rings.